The number of ketones is 2. The molecule has 0 aliphatic heterocycles. The van der Waals surface area contributed by atoms with Crippen LogP contribution in [0, 0.1) is 12.8 Å². The number of Topliss-reactive ketones (excluding diaryl/α,β-unsaturated/α-hetero) is 2. The third-order valence-electron chi connectivity index (χ3n) is 3.97. The second-order valence-electron chi connectivity index (χ2n) is 5.86. The SMILES string of the molecule is CO[C@H](C(=O)c1ccc(C)cc1)[C@H](C)CC(=O)c1ccccc1. The van der Waals surface area contributed by atoms with Gasteiger partial charge in [-0.05, 0) is 12.8 Å². The molecule has 2 aromatic rings. The highest BCUT2D eigenvalue weighted by Crippen LogP contribution is 2.19. The molecule has 0 unspecified atom stereocenters. The molecule has 2 aromatic carbocycles. The highest BCUT2D eigenvalue weighted by Gasteiger charge is 2.27. The summed E-state index contributed by atoms with van der Waals surface area (Å²) in [6.45, 7) is 3.85. The minimum absolute atomic E-state index is 0.0249. The second kappa shape index (κ2) is 7.84. The van der Waals surface area contributed by atoms with E-state index in [1.54, 1.807) is 24.3 Å². The fraction of sp³-hybridized carbons (Fsp3) is 0.300. The molecule has 2 rings (SSSR count). The number of ether oxygens (including phenoxy) is 1. The molecule has 120 valence electrons. The molecular weight excluding hydrogens is 288 g/mol. The topological polar surface area (TPSA) is 43.4 Å². The molecule has 2 atom stereocenters. The van der Waals surface area contributed by atoms with Gasteiger partial charge in [-0.15, -0.1) is 0 Å². The maximum absolute atomic E-state index is 12.6. The summed E-state index contributed by atoms with van der Waals surface area (Å²) in [7, 11) is 1.51. The quantitative estimate of drug-likeness (QED) is 0.723. The number of hydrogen-bond acceptors (Lipinski definition) is 3. The van der Waals surface area contributed by atoms with E-state index in [9.17, 15) is 9.59 Å². The molecule has 0 saturated heterocycles. The van der Waals surface area contributed by atoms with Crippen molar-refractivity contribution in [1.29, 1.82) is 0 Å². The first-order valence-corrected chi connectivity index (χ1v) is 7.75. The molecule has 0 aliphatic rings. The molecule has 0 heterocycles. The predicted molar refractivity (Wildman–Crippen MR) is 90.9 cm³/mol. The summed E-state index contributed by atoms with van der Waals surface area (Å²) < 4.78 is 5.39. The van der Waals surface area contributed by atoms with Crippen LogP contribution in [0.4, 0.5) is 0 Å². The molecule has 0 aromatic heterocycles. The summed E-state index contributed by atoms with van der Waals surface area (Å²) >= 11 is 0. The van der Waals surface area contributed by atoms with Crippen molar-refractivity contribution in [1.82, 2.24) is 0 Å². The van der Waals surface area contributed by atoms with Crippen molar-refractivity contribution in [3.05, 3.63) is 71.3 Å². The first-order chi connectivity index (χ1) is 11.0. The molecule has 3 heteroatoms. The standard InChI is InChI=1S/C20H22O3/c1-14-9-11-17(12-10-14)19(22)20(23-3)15(2)13-18(21)16-7-5-4-6-8-16/h4-12,15,20H,13H2,1-3H3/t15-,20+/m1/s1. The molecule has 0 fully saturated rings. The third-order valence-corrected chi connectivity index (χ3v) is 3.97. The lowest BCUT2D eigenvalue weighted by Crippen LogP contribution is -2.31. The van der Waals surface area contributed by atoms with Crippen LogP contribution < -0.4 is 0 Å². The number of aryl methyl sites for hydroxylation is 1. The minimum Gasteiger partial charge on any atom is -0.373 e. The van der Waals surface area contributed by atoms with Crippen LogP contribution in [0.3, 0.4) is 0 Å². The molecule has 0 bridgehead atoms. The van der Waals surface area contributed by atoms with Crippen LogP contribution >= 0.6 is 0 Å². The Kier molecular flexibility index (Phi) is 5.83. The van der Waals surface area contributed by atoms with E-state index in [0.29, 0.717) is 11.1 Å². The van der Waals surface area contributed by atoms with E-state index in [1.807, 2.05) is 44.2 Å². The molecule has 0 saturated carbocycles. The molecule has 0 N–H and O–H groups in total. The zero-order valence-corrected chi connectivity index (χ0v) is 13.8. The molecule has 0 radical (unpaired) electrons. The van der Waals surface area contributed by atoms with Crippen molar-refractivity contribution in [3.8, 4) is 0 Å². The molecular formula is C20H22O3. The summed E-state index contributed by atoms with van der Waals surface area (Å²) in [5, 5.41) is 0. The Labute approximate surface area is 137 Å². The smallest absolute Gasteiger partial charge is 0.191 e. The lowest BCUT2D eigenvalue weighted by Gasteiger charge is -2.21. The van der Waals surface area contributed by atoms with E-state index in [0.717, 1.165) is 5.56 Å². The summed E-state index contributed by atoms with van der Waals surface area (Å²) in [5.41, 5.74) is 2.38. The van der Waals surface area contributed by atoms with Gasteiger partial charge < -0.3 is 4.74 Å². The van der Waals surface area contributed by atoms with Crippen molar-refractivity contribution in [2.24, 2.45) is 5.92 Å². The Bertz CT molecular complexity index is 659. The van der Waals surface area contributed by atoms with Crippen LogP contribution in [0.25, 0.3) is 0 Å². The van der Waals surface area contributed by atoms with Gasteiger partial charge in [0.25, 0.3) is 0 Å². The van der Waals surface area contributed by atoms with Gasteiger partial charge in [0, 0.05) is 24.7 Å². The highest BCUT2D eigenvalue weighted by molar-refractivity contribution is 6.01. The van der Waals surface area contributed by atoms with E-state index in [-0.39, 0.29) is 23.9 Å². The van der Waals surface area contributed by atoms with Crippen LogP contribution in [-0.4, -0.2) is 24.8 Å². The van der Waals surface area contributed by atoms with Gasteiger partial charge in [0.15, 0.2) is 11.6 Å². The normalized spacial score (nSPS) is 13.3. The summed E-state index contributed by atoms with van der Waals surface area (Å²) in [6, 6.07) is 16.5. The van der Waals surface area contributed by atoms with E-state index in [2.05, 4.69) is 0 Å². The fourth-order valence-corrected chi connectivity index (χ4v) is 2.62. The van der Waals surface area contributed by atoms with Crippen molar-refractivity contribution >= 4 is 11.6 Å². The number of rotatable bonds is 7. The predicted octanol–water partition coefficient (Wildman–Crippen LogP) is 4.10. The highest BCUT2D eigenvalue weighted by atomic mass is 16.5. The number of methoxy groups -OCH3 is 1. The lowest BCUT2D eigenvalue weighted by atomic mass is 9.90. The number of hydrogen-bond donors (Lipinski definition) is 0. The Morgan fingerprint density at radius 1 is 0.957 bits per heavy atom. The number of carbonyl (C=O) groups excluding carboxylic acids is 2. The zero-order valence-electron chi connectivity index (χ0n) is 13.8. The van der Waals surface area contributed by atoms with Gasteiger partial charge in [-0.1, -0.05) is 67.1 Å². The molecule has 23 heavy (non-hydrogen) atoms. The Morgan fingerprint density at radius 2 is 1.57 bits per heavy atom. The third kappa shape index (κ3) is 4.36. The Balaban J connectivity index is 2.09. The Hall–Kier alpha value is -2.26. The molecule has 0 amide bonds. The number of benzene rings is 2. The molecule has 3 nitrogen and oxygen atoms in total. The van der Waals surface area contributed by atoms with Crippen molar-refractivity contribution in [2.45, 2.75) is 26.4 Å². The summed E-state index contributed by atoms with van der Waals surface area (Å²) in [4.78, 5) is 24.9. The number of carbonyl (C=O) groups is 2. The van der Waals surface area contributed by atoms with Gasteiger partial charge in [0.2, 0.25) is 0 Å². The Morgan fingerprint density at radius 3 is 2.13 bits per heavy atom. The van der Waals surface area contributed by atoms with Crippen LogP contribution in [0.15, 0.2) is 54.6 Å². The average molecular weight is 310 g/mol. The molecule has 0 aliphatic carbocycles. The molecule has 0 spiro atoms. The van der Waals surface area contributed by atoms with Crippen molar-refractivity contribution in [2.75, 3.05) is 7.11 Å². The monoisotopic (exact) mass is 310 g/mol. The zero-order chi connectivity index (χ0) is 16.8. The average Bonchev–Trinajstić information content (AvgIpc) is 2.56. The van der Waals surface area contributed by atoms with Gasteiger partial charge in [-0.3, -0.25) is 9.59 Å². The summed E-state index contributed by atoms with van der Waals surface area (Å²) in [5.74, 6) is -0.251. The first kappa shape index (κ1) is 17.1. The van der Waals surface area contributed by atoms with E-state index in [4.69, 9.17) is 4.74 Å². The van der Waals surface area contributed by atoms with Crippen LogP contribution in [0.5, 0.6) is 0 Å². The van der Waals surface area contributed by atoms with E-state index >= 15 is 0 Å². The summed E-state index contributed by atoms with van der Waals surface area (Å²) in [6.07, 6.45) is -0.342. The van der Waals surface area contributed by atoms with Gasteiger partial charge in [0.05, 0.1) is 0 Å². The second-order valence-corrected chi connectivity index (χ2v) is 5.86. The van der Waals surface area contributed by atoms with E-state index in [1.165, 1.54) is 7.11 Å². The lowest BCUT2D eigenvalue weighted by molar-refractivity contribution is 0.0408. The first-order valence-electron chi connectivity index (χ1n) is 7.75. The van der Waals surface area contributed by atoms with Crippen molar-refractivity contribution in [3.63, 3.8) is 0 Å². The van der Waals surface area contributed by atoms with Gasteiger partial charge >= 0.3 is 0 Å². The maximum Gasteiger partial charge on any atom is 0.191 e. The van der Waals surface area contributed by atoms with Crippen molar-refractivity contribution < 1.29 is 14.3 Å². The minimum atomic E-state index is -0.620. The van der Waals surface area contributed by atoms with Gasteiger partial charge in [0.1, 0.15) is 6.10 Å². The van der Waals surface area contributed by atoms with Gasteiger partial charge in [-0.25, -0.2) is 0 Å². The van der Waals surface area contributed by atoms with Crippen LogP contribution in [0.2, 0.25) is 0 Å². The fourth-order valence-electron chi connectivity index (χ4n) is 2.62. The largest absolute Gasteiger partial charge is 0.373 e. The maximum atomic E-state index is 12.6. The van der Waals surface area contributed by atoms with Crippen LogP contribution in [-0.2, 0) is 4.74 Å². The van der Waals surface area contributed by atoms with E-state index < -0.39 is 6.10 Å². The van der Waals surface area contributed by atoms with Gasteiger partial charge in [-0.2, -0.15) is 0 Å². The van der Waals surface area contributed by atoms with Crippen LogP contribution in [0.1, 0.15) is 39.6 Å².